The fourth-order valence-electron chi connectivity index (χ4n) is 0.934. The van der Waals surface area contributed by atoms with E-state index in [2.05, 4.69) is 0 Å². The molecule has 14 heavy (non-hydrogen) atoms. The number of benzene rings is 1. The van der Waals surface area contributed by atoms with Crippen molar-refractivity contribution in [2.75, 3.05) is 0 Å². The second-order valence-electron chi connectivity index (χ2n) is 2.58. The number of alkyl halides is 3. The van der Waals surface area contributed by atoms with Crippen LogP contribution in [0.25, 0.3) is 0 Å². The van der Waals surface area contributed by atoms with E-state index in [1.165, 1.54) is 13.0 Å². The Morgan fingerprint density at radius 2 is 1.86 bits per heavy atom. The zero-order valence-corrected chi connectivity index (χ0v) is 8.53. The maximum Gasteiger partial charge on any atom is 0.446 e. The van der Waals surface area contributed by atoms with Crippen LogP contribution in [0.4, 0.5) is 17.6 Å². The molecule has 0 unspecified atom stereocenters. The fraction of sp³-hybridized carbons (Fsp3) is 0.250. The number of hydrogen-bond donors (Lipinski definition) is 0. The summed E-state index contributed by atoms with van der Waals surface area (Å²) < 4.78 is 48.9. The Morgan fingerprint density at radius 3 is 2.29 bits per heavy atom. The normalized spacial score (nSPS) is 11.9. The zero-order chi connectivity index (χ0) is 10.9. The van der Waals surface area contributed by atoms with Crippen LogP contribution >= 0.6 is 23.4 Å². The lowest BCUT2D eigenvalue weighted by Crippen LogP contribution is -2.01. The van der Waals surface area contributed by atoms with Crippen molar-refractivity contribution in [3.8, 4) is 0 Å². The van der Waals surface area contributed by atoms with E-state index in [1.54, 1.807) is 0 Å². The Hall–Kier alpha value is -0.420. The largest absolute Gasteiger partial charge is 0.446 e. The van der Waals surface area contributed by atoms with Gasteiger partial charge in [-0.05, 0) is 36.4 Å². The van der Waals surface area contributed by atoms with Crippen LogP contribution in [0.2, 0.25) is 5.02 Å². The first-order chi connectivity index (χ1) is 6.29. The topological polar surface area (TPSA) is 0 Å². The van der Waals surface area contributed by atoms with E-state index < -0.39 is 28.0 Å². The smallest absolute Gasteiger partial charge is 0.206 e. The van der Waals surface area contributed by atoms with Gasteiger partial charge in [0.1, 0.15) is 5.82 Å². The van der Waals surface area contributed by atoms with Crippen molar-refractivity contribution >= 4 is 23.4 Å². The molecule has 0 fully saturated rings. The molecule has 1 aromatic rings. The summed E-state index contributed by atoms with van der Waals surface area (Å²) in [6, 6.07) is 2.15. The second kappa shape index (κ2) is 3.98. The predicted octanol–water partition coefficient (Wildman–Crippen LogP) is 4.40. The van der Waals surface area contributed by atoms with E-state index in [1.807, 2.05) is 0 Å². The van der Waals surface area contributed by atoms with Crippen molar-refractivity contribution in [2.45, 2.75) is 17.3 Å². The third-order valence-electron chi connectivity index (χ3n) is 1.41. The zero-order valence-electron chi connectivity index (χ0n) is 6.95. The molecule has 0 spiro atoms. The Labute approximate surface area is 87.2 Å². The van der Waals surface area contributed by atoms with Gasteiger partial charge in [-0.2, -0.15) is 13.2 Å². The molecule has 0 atom stereocenters. The van der Waals surface area contributed by atoms with Gasteiger partial charge < -0.3 is 0 Å². The first-order valence-corrected chi connectivity index (χ1v) is 4.70. The average Bonchev–Trinajstić information content (AvgIpc) is 1.95. The average molecular weight is 245 g/mol. The van der Waals surface area contributed by atoms with Crippen LogP contribution < -0.4 is 0 Å². The second-order valence-corrected chi connectivity index (χ2v) is 4.09. The maximum absolute atomic E-state index is 13.0. The van der Waals surface area contributed by atoms with Gasteiger partial charge in [0, 0.05) is 5.02 Å². The van der Waals surface area contributed by atoms with Crippen LogP contribution in [-0.4, -0.2) is 5.51 Å². The first-order valence-electron chi connectivity index (χ1n) is 3.51. The van der Waals surface area contributed by atoms with Gasteiger partial charge in [-0.25, -0.2) is 4.39 Å². The predicted molar refractivity (Wildman–Crippen MR) is 48.1 cm³/mol. The molecular formula is C8H5ClF4S. The summed E-state index contributed by atoms with van der Waals surface area (Å²) >= 11 is 4.99. The molecule has 0 aromatic heterocycles. The lowest BCUT2D eigenvalue weighted by Gasteiger charge is -2.09. The highest BCUT2D eigenvalue weighted by Gasteiger charge is 2.31. The first kappa shape index (κ1) is 11.7. The molecule has 0 aliphatic rings. The molecule has 0 bridgehead atoms. The van der Waals surface area contributed by atoms with Gasteiger partial charge in [0.15, 0.2) is 0 Å². The minimum absolute atomic E-state index is 0.0894. The monoisotopic (exact) mass is 244 g/mol. The molecule has 0 saturated carbocycles. The number of hydrogen-bond acceptors (Lipinski definition) is 1. The quantitative estimate of drug-likeness (QED) is 0.521. The molecule has 0 amide bonds. The number of thioether (sulfide) groups is 1. The minimum Gasteiger partial charge on any atom is -0.206 e. The van der Waals surface area contributed by atoms with Crippen molar-refractivity contribution in [1.82, 2.24) is 0 Å². The van der Waals surface area contributed by atoms with Gasteiger partial charge in [0.05, 0.1) is 4.90 Å². The van der Waals surface area contributed by atoms with Crippen molar-refractivity contribution in [1.29, 1.82) is 0 Å². The molecule has 0 aliphatic carbocycles. The molecule has 1 rings (SSSR count). The molecule has 0 radical (unpaired) electrons. The van der Waals surface area contributed by atoms with Gasteiger partial charge >= 0.3 is 5.51 Å². The van der Waals surface area contributed by atoms with Gasteiger partial charge in [0.25, 0.3) is 0 Å². The Bertz CT molecular complexity index is 325. The Kier molecular flexibility index (Phi) is 3.32. The number of rotatable bonds is 1. The summed E-state index contributed by atoms with van der Waals surface area (Å²) in [5.41, 5.74) is -4.31. The summed E-state index contributed by atoms with van der Waals surface area (Å²) in [5.74, 6) is -0.947. The molecule has 6 heteroatoms. The van der Waals surface area contributed by atoms with Crippen molar-refractivity contribution in [3.63, 3.8) is 0 Å². The molecular weight excluding hydrogens is 240 g/mol. The summed E-state index contributed by atoms with van der Waals surface area (Å²) in [5, 5.41) is 0.0894. The lowest BCUT2D eigenvalue weighted by atomic mass is 10.2. The Morgan fingerprint density at radius 1 is 1.29 bits per heavy atom. The van der Waals surface area contributed by atoms with E-state index in [9.17, 15) is 17.6 Å². The van der Waals surface area contributed by atoms with Crippen LogP contribution in [0.15, 0.2) is 17.0 Å². The standard InChI is InChI=1S/C8H5ClF4S/c1-4-2-5(9)3-6(10)7(4)14-8(11,12)13/h2-3H,1H3. The summed E-state index contributed by atoms with van der Waals surface area (Å²) in [6.45, 7) is 1.38. The van der Waals surface area contributed by atoms with Crippen molar-refractivity contribution in [3.05, 3.63) is 28.5 Å². The summed E-state index contributed by atoms with van der Waals surface area (Å²) in [6.07, 6.45) is 0. The molecule has 0 heterocycles. The summed E-state index contributed by atoms with van der Waals surface area (Å²) in [7, 11) is 0. The van der Waals surface area contributed by atoms with Crippen LogP contribution in [0.3, 0.4) is 0 Å². The third-order valence-corrected chi connectivity index (χ3v) is 2.58. The lowest BCUT2D eigenvalue weighted by molar-refractivity contribution is -0.0329. The van der Waals surface area contributed by atoms with Crippen LogP contribution in [-0.2, 0) is 0 Å². The maximum atomic E-state index is 13.0. The molecule has 0 aliphatic heterocycles. The molecule has 78 valence electrons. The van der Waals surface area contributed by atoms with E-state index >= 15 is 0 Å². The van der Waals surface area contributed by atoms with E-state index in [4.69, 9.17) is 11.6 Å². The van der Waals surface area contributed by atoms with E-state index in [-0.39, 0.29) is 10.6 Å². The highest BCUT2D eigenvalue weighted by Crippen LogP contribution is 2.40. The van der Waals surface area contributed by atoms with Crippen LogP contribution in [0.1, 0.15) is 5.56 Å². The molecule has 0 saturated heterocycles. The highest BCUT2D eigenvalue weighted by molar-refractivity contribution is 8.00. The van der Waals surface area contributed by atoms with Gasteiger partial charge in [0.2, 0.25) is 0 Å². The van der Waals surface area contributed by atoms with Gasteiger partial charge in [-0.15, -0.1) is 0 Å². The minimum atomic E-state index is -4.49. The number of aryl methyl sites for hydroxylation is 1. The Balaban J connectivity index is 3.09. The van der Waals surface area contributed by atoms with E-state index in [0.717, 1.165) is 6.07 Å². The molecule has 0 nitrogen and oxygen atoms in total. The SMILES string of the molecule is Cc1cc(Cl)cc(F)c1SC(F)(F)F. The number of halogens is 5. The van der Waals surface area contributed by atoms with Crippen LogP contribution in [0.5, 0.6) is 0 Å². The summed E-state index contributed by atoms with van der Waals surface area (Å²) in [4.78, 5) is -0.429. The van der Waals surface area contributed by atoms with Crippen molar-refractivity contribution < 1.29 is 17.6 Å². The van der Waals surface area contributed by atoms with Crippen LogP contribution in [0, 0.1) is 12.7 Å². The molecule has 0 N–H and O–H groups in total. The van der Waals surface area contributed by atoms with E-state index in [0.29, 0.717) is 0 Å². The fourth-order valence-corrected chi connectivity index (χ4v) is 1.80. The third kappa shape index (κ3) is 3.06. The van der Waals surface area contributed by atoms with Crippen molar-refractivity contribution in [2.24, 2.45) is 0 Å². The van der Waals surface area contributed by atoms with Gasteiger partial charge in [-0.1, -0.05) is 11.6 Å². The molecule has 1 aromatic carbocycles. The highest BCUT2D eigenvalue weighted by atomic mass is 35.5. The van der Waals surface area contributed by atoms with Gasteiger partial charge in [-0.3, -0.25) is 0 Å².